The Bertz CT molecular complexity index is 1170. The topological polar surface area (TPSA) is 127 Å². The van der Waals surface area contributed by atoms with Crippen molar-refractivity contribution in [3.8, 4) is 0 Å². The lowest BCUT2D eigenvalue weighted by Gasteiger charge is -2.16. The molecule has 154 valence electrons. The fourth-order valence-electron chi connectivity index (χ4n) is 2.89. The Morgan fingerprint density at radius 3 is 2.38 bits per heavy atom. The molecule has 1 fully saturated rings. The summed E-state index contributed by atoms with van der Waals surface area (Å²) >= 11 is 0. The molecule has 1 atom stereocenters. The van der Waals surface area contributed by atoms with Gasteiger partial charge >= 0.3 is 5.97 Å². The Hall–Kier alpha value is -2.92. The third-order valence-electron chi connectivity index (χ3n) is 4.28. The second-order valence-corrected chi connectivity index (χ2v) is 10.00. The standard InChI is InChI=1S/C18H18N2O7S2/c1-12-11-28(23,24)20(17(12)21)15-6-8-16(9-7-15)29(25,26)19-14-5-3-4-13(10-14)18(22)27-2/h3-10,12,19H,11H2,1-2H3. The van der Waals surface area contributed by atoms with Crippen LogP contribution in [0.5, 0.6) is 0 Å². The third kappa shape index (κ3) is 4.10. The predicted octanol–water partition coefficient (Wildman–Crippen LogP) is 1.59. The lowest BCUT2D eigenvalue weighted by Crippen LogP contribution is -2.30. The van der Waals surface area contributed by atoms with Crippen LogP contribution in [0, 0.1) is 5.92 Å². The molecule has 1 saturated heterocycles. The van der Waals surface area contributed by atoms with E-state index in [-0.39, 0.29) is 27.6 Å². The number of esters is 1. The van der Waals surface area contributed by atoms with Crippen LogP contribution >= 0.6 is 0 Å². The van der Waals surface area contributed by atoms with Crippen molar-refractivity contribution in [1.29, 1.82) is 0 Å². The Labute approximate surface area is 168 Å². The minimum atomic E-state index is -4.01. The zero-order chi connectivity index (χ0) is 21.4. The van der Waals surface area contributed by atoms with Gasteiger partial charge < -0.3 is 4.74 Å². The first-order valence-electron chi connectivity index (χ1n) is 8.43. The summed E-state index contributed by atoms with van der Waals surface area (Å²) in [5.74, 6) is -2.11. The molecule has 0 aliphatic carbocycles. The van der Waals surface area contributed by atoms with E-state index in [1.165, 1.54) is 62.6 Å². The van der Waals surface area contributed by atoms with Crippen LogP contribution in [-0.4, -0.2) is 41.6 Å². The highest BCUT2D eigenvalue weighted by Crippen LogP contribution is 2.29. The Balaban J connectivity index is 1.86. The van der Waals surface area contributed by atoms with Crippen LogP contribution < -0.4 is 9.03 Å². The van der Waals surface area contributed by atoms with Crippen molar-refractivity contribution in [1.82, 2.24) is 0 Å². The maximum Gasteiger partial charge on any atom is 0.337 e. The molecule has 0 saturated carbocycles. The molecule has 1 aliphatic rings. The van der Waals surface area contributed by atoms with Gasteiger partial charge in [-0.3, -0.25) is 9.52 Å². The summed E-state index contributed by atoms with van der Waals surface area (Å²) in [6.07, 6.45) is 0. The van der Waals surface area contributed by atoms with Gasteiger partial charge in [0.05, 0.1) is 34.9 Å². The maximum absolute atomic E-state index is 12.6. The van der Waals surface area contributed by atoms with E-state index in [1.54, 1.807) is 0 Å². The van der Waals surface area contributed by atoms with Crippen molar-refractivity contribution >= 4 is 43.3 Å². The van der Waals surface area contributed by atoms with Crippen molar-refractivity contribution in [3.63, 3.8) is 0 Å². The molecule has 2 aromatic rings. The van der Waals surface area contributed by atoms with Crippen molar-refractivity contribution in [2.75, 3.05) is 21.9 Å². The van der Waals surface area contributed by atoms with Gasteiger partial charge in [-0.1, -0.05) is 13.0 Å². The molecule has 2 aromatic carbocycles. The van der Waals surface area contributed by atoms with Crippen LogP contribution in [-0.2, 0) is 29.6 Å². The fraction of sp³-hybridized carbons (Fsp3) is 0.222. The SMILES string of the molecule is COC(=O)c1cccc(NS(=O)(=O)c2ccc(N3C(=O)C(C)CS3(=O)=O)cc2)c1. The van der Waals surface area contributed by atoms with E-state index >= 15 is 0 Å². The van der Waals surface area contributed by atoms with Gasteiger partial charge in [-0.15, -0.1) is 0 Å². The molecule has 0 bridgehead atoms. The number of benzene rings is 2. The minimum absolute atomic E-state index is 0.0750. The number of nitrogens with zero attached hydrogens (tertiary/aromatic N) is 1. The van der Waals surface area contributed by atoms with Crippen LogP contribution in [0.2, 0.25) is 0 Å². The zero-order valence-electron chi connectivity index (χ0n) is 15.5. The van der Waals surface area contributed by atoms with Crippen LogP contribution in [0.25, 0.3) is 0 Å². The van der Waals surface area contributed by atoms with E-state index in [9.17, 15) is 26.4 Å². The molecule has 1 amide bonds. The predicted molar refractivity (Wildman–Crippen MR) is 105 cm³/mol. The summed E-state index contributed by atoms with van der Waals surface area (Å²) in [4.78, 5) is 23.6. The van der Waals surface area contributed by atoms with Crippen molar-refractivity contribution < 1.29 is 31.2 Å². The minimum Gasteiger partial charge on any atom is -0.465 e. The molecule has 3 rings (SSSR count). The lowest BCUT2D eigenvalue weighted by molar-refractivity contribution is -0.119. The monoisotopic (exact) mass is 438 g/mol. The number of methoxy groups -OCH3 is 1. The van der Waals surface area contributed by atoms with Gasteiger partial charge in [-0.25, -0.2) is 25.9 Å². The number of nitrogens with one attached hydrogen (secondary N) is 1. The highest BCUT2D eigenvalue weighted by molar-refractivity contribution is 7.94. The van der Waals surface area contributed by atoms with E-state index in [2.05, 4.69) is 9.46 Å². The van der Waals surface area contributed by atoms with E-state index in [4.69, 9.17) is 0 Å². The van der Waals surface area contributed by atoms with E-state index in [1.807, 2.05) is 0 Å². The molecule has 0 spiro atoms. The normalized spacial score (nSPS) is 18.5. The number of ether oxygens (including phenoxy) is 1. The molecule has 0 radical (unpaired) electrons. The number of carbonyl (C=O) groups excluding carboxylic acids is 2. The first-order chi connectivity index (χ1) is 13.5. The number of amides is 1. The number of hydrogen-bond donors (Lipinski definition) is 1. The number of anilines is 2. The molecule has 1 aliphatic heterocycles. The third-order valence-corrected chi connectivity index (χ3v) is 7.54. The van der Waals surface area contributed by atoms with E-state index in [0.29, 0.717) is 4.31 Å². The average Bonchev–Trinajstić information content (AvgIpc) is 2.87. The van der Waals surface area contributed by atoms with Crippen LogP contribution in [0.15, 0.2) is 53.4 Å². The summed E-state index contributed by atoms with van der Waals surface area (Å²) in [5, 5.41) is 0. The maximum atomic E-state index is 12.6. The quantitative estimate of drug-likeness (QED) is 0.702. The molecule has 1 unspecified atom stereocenters. The Morgan fingerprint density at radius 2 is 1.83 bits per heavy atom. The fourth-order valence-corrected chi connectivity index (χ4v) is 5.76. The second kappa shape index (κ2) is 7.48. The molecule has 11 heteroatoms. The van der Waals surface area contributed by atoms with Crippen LogP contribution in [0.3, 0.4) is 0 Å². The first-order valence-corrected chi connectivity index (χ1v) is 11.5. The summed E-state index contributed by atoms with van der Waals surface area (Å²) in [7, 11) is -6.57. The molecule has 29 heavy (non-hydrogen) atoms. The summed E-state index contributed by atoms with van der Waals surface area (Å²) in [5.41, 5.74) is 0.406. The molecular weight excluding hydrogens is 420 g/mol. The number of hydrogen-bond acceptors (Lipinski definition) is 7. The summed E-state index contributed by atoms with van der Waals surface area (Å²) in [6.45, 7) is 1.52. The Morgan fingerprint density at radius 1 is 1.17 bits per heavy atom. The van der Waals surface area contributed by atoms with Crippen molar-refractivity contribution in [3.05, 3.63) is 54.1 Å². The smallest absolute Gasteiger partial charge is 0.337 e. The van der Waals surface area contributed by atoms with Gasteiger partial charge in [0, 0.05) is 5.69 Å². The van der Waals surface area contributed by atoms with E-state index < -0.39 is 37.8 Å². The van der Waals surface area contributed by atoms with Gasteiger partial charge in [0.25, 0.3) is 10.0 Å². The van der Waals surface area contributed by atoms with Crippen molar-refractivity contribution in [2.45, 2.75) is 11.8 Å². The van der Waals surface area contributed by atoms with Gasteiger partial charge in [0.15, 0.2) is 0 Å². The van der Waals surface area contributed by atoms with Gasteiger partial charge in [0.1, 0.15) is 0 Å². The van der Waals surface area contributed by atoms with Crippen LogP contribution in [0.4, 0.5) is 11.4 Å². The number of carbonyl (C=O) groups is 2. The Kier molecular flexibility index (Phi) is 5.37. The zero-order valence-corrected chi connectivity index (χ0v) is 17.2. The summed E-state index contributed by atoms with van der Waals surface area (Å²) < 4.78 is 57.2. The van der Waals surface area contributed by atoms with Crippen molar-refractivity contribution in [2.24, 2.45) is 5.92 Å². The first kappa shape index (κ1) is 20.8. The molecule has 0 aromatic heterocycles. The number of rotatable bonds is 5. The largest absolute Gasteiger partial charge is 0.465 e. The molecular formula is C18H18N2O7S2. The van der Waals surface area contributed by atoms with Crippen LogP contribution in [0.1, 0.15) is 17.3 Å². The highest BCUT2D eigenvalue weighted by atomic mass is 32.2. The molecule has 1 N–H and O–H groups in total. The second-order valence-electron chi connectivity index (χ2n) is 6.45. The molecule has 1 heterocycles. The summed E-state index contributed by atoms with van der Waals surface area (Å²) in [6, 6.07) is 10.7. The number of sulfonamides is 2. The average molecular weight is 438 g/mol. The van der Waals surface area contributed by atoms with E-state index in [0.717, 1.165) is 0 Å². The van der Waals surface area contributed by atoms with Gasteiger partial charge in [0.2, 0.25) is 15.9 Å². The molecule has 9 nitrogen and oxygen atoms in total. The lowest BCUT2D eigenvalue weighted by atomic mass is 10.2. The van der Waals surface area contributed by atoms with Gasteiger partial charge in [-0.2, -0.15) is 0 Å². The highest BCUT2D eigenvalue weighted by Gasteiger charge is 2.41. The van der Waals surface area contributed by atoms with Gasteiger partial charge in [-0.05, 0) is 42.5 Å².